The van der Waals surface area contributed by atoms with Gasteiger partial charge in [-0.15, -0.1) is 0 Å². The molecule has 2 aromatic rings. The summed E-state index contributed by atoms with van der Waals surface area (Å²) in [6.07, 6.45) is 0.301. The summed E-state index contributed by atoms with van der Waals surface area (Å²) in [5, 5.41) is 8.36. The van der Waals surface area contributed by atoms with Gasteiger partial charge in [0, 0.05) is 31.5 Å². The second kappa shape index (κ2) is 9.91. The number of hydrogen-bond donors (Lipinski definition) is 1. The van der Waals surface area contributed by atoms with E-state index in [-0.39, 0.29) is 59.5 Å². The minimum Gasteiger partial charge on any atom is -0.339 e. The molecule has 0 aromatic heterocycles. The van der Waals surface area contributed by atoms with Crippen molar-refractivity contribution in [3.05, 3.63) is 64.4 Å². The molecule has 0 unspecified atom stereocenters. The van der Waals surface area contributed by atoms with Crippen molar-refractivity contribution in [2.24, 2.45) is 5.10 Å². The number of nitrogens with zero attached hydrogens (tertiary/aromatic N) is 3. The Labute approximate surface area is 190 Å². The molecule has 0 spiro atoms. The predicted molar refractivity (Wildman–Crippen MR) is 121 cm³/mol. The molecule has 3 amide bonds. The van der Waals surface area contributed by atoms with Crippen LogP contribution in [-0.2, 0) is 16.1 Å². The number of halogens is 2. The number of carbonyl (C=O) groups is 3. The smallest absolute Gasteiger partial charge is 0.271 e. The second-order valence-corrected chi connectivity index (χ2v) is 8.19. The molecule has 168 valence electrons. The van der Waals surface area contributed by atoms with Gasteiger partial charge in [0.05, 0.1) is 17.3 Å². The van der Waals surface area contributed by atoms with Gasteiger partial charge in [-0.25, -0.2) is 9.40 Å². The highest BCUT2D eigenvalue weighted by molar-refractivity contribution is 6.44. The molecule has 3 rings (SSSR count). The van der Waals surface area contributed by atoms with Crippen molar-refractivity contribution in [3.63, 3.8) is 0 Å². The third-order valence-electron chi connectivity index (χ3n) is 5.17. The lowest BCUT2D eigenvalue weighted by atomic mass is 10.1. The van der Waals surface area contributed by atoms with Crippen LogP contribution in [-0.4, -0.2) is 46.4 Å². The number of anilines is 1. The summed E-state index contributed by atoms with van der Waals surface area (Å²) >= 11 is 6.22. The summed E-state index contributed by atoms with van der Waals surface area (Å²) in [6.45, 7) is 3.93. The molecule has 0 atom stereocenters. The van der Waals surface area contributed by atoms with E-state index in [4.69, 9.17) is 11.6 Å². The van der Waals surface area contributed by atoms with Gasteiger partial charge in [0.15, 0.2) is 0 Å². The zero-order chi connectivity index (χ0) is 23.4. The number of hydrazone groups is 1. The van der Waals surface area contributed by atoms with Gasteiger partial charge < -0.3 is 10.2 Å². The lowest BCUT2D eigenvalue weighted by Crippen LogP contribution is -2.36. The van der Waals surface area contributed by atoms with Gasteiger partial charge in [0.2, 0.25) is 5.91 Å². The Hall–Kier alpha value is -3.26. The van der Waals surface area contributed by atoms with Crippen molar-refractivity contribution >= 4 is 40.7 Å². The summed E-state index contributed by atoms with van der Waals surface area (Å²) in [5.74, 6) is -1.31. The topological polar surface area (TPSA) is 82.1 Å². The average Bonchev–Trinajstić information content (AvgIpc) is 2.77. The zero-order valence-electron chi connectivity index (χ0n) is 18.1. The fourth-order valence-electron chi connectivity index (χ4n) is 3.04. The first-order valence-corrected chi connectivity index (χ1v) is 10.5. The monoisotopic (exact) mass is 458 g/mol. The maximum atomic E-state index is 13.1. The summed E-state index contributed by atoms with van der Waals surface area (Å²) in [7, 11) is 1.70. The Morgan fingerprint density at radius 3 is 2.53 bits per heavy atom. The molecule has 1 aliphatic heterocycles. The SMILES string of the molecule is CC(C)N(C)C(=O)c1ccc(Cl)c(NC(=O)C2=NN(Cc3ccc(F)cc3)C(=O)CC2)c1. The fraction of sp³-hybridized carbons (Fsp3) is 0.304. The Morgan fingerprint density at radius 1 is 1.19 bits per heavy atom. The highest BCUT2D eigenvalue weighted by atomic mass is 35.5. The minimum absolute atomic E-state index is 0.0115. The zero-order valence-corrected chi connectivity index (χ0v) is 18.8. The van der Waals surface area contributed by atoms with E-state index >= 15 is 0 Å². The summed E-state index contributed by atoms with van der Waals surface area (Å²) in [5.41, 5.74) is 1.52. The first kappa shape index (κ1) is 23.4. The fourth-order valence-corrected chi connectivity index (χ4v) is 3.20. The first-order valence-electron chi connectivity index (χ1n) is 10.2. The first-order chi connectivity index (χ1) is 15.2. The molecule has 1 N–H and O–H groups in total. The van der Waals surface area contributed by atoms with Crippen molar-refractivity contribution in [2.75, 3.05) is 12.4 Å². The van der Waals surface area contributed by atoms with Crippen LogP contribution in [0.2, 0.25) is 5.02 Å². The molecule has 2 aromatic carbocycles. The van der Waals surface area contributed by atoms with Crippen molar-refractivity contribution in [2.45, 2.75) is 39.3 Å². The molecule has 0 fully saturated rings. The van der Waals surface area contributed by atoms with E-state index in [1.807, 2.05) is 13.8 Å². The Kier molecular flexibility index (Phi) is 7.25. The maximum Gasteiger partial charge on any atom is 0.271 e. The van der Waals surface area contributed by atoms with Crippen molar-refractivity contribution < 1.29 is 18.8 Å². The third kappa shape index (κ3) is 5.50. The van der Waals surface area contributed by atoms with Gasteiger partial charge in [0.1, 0.15) is 11.5 Å². The normalized spacial score (nSPS) is 13.8. The van der Waals surface area contributed by atoms with Crippen molar-refractivity contribution in [1.29, 1.82) is 0 Å². The molecular formula is C23H24ClFN4O3. The Bertz CT molecular complexity index is 1070. The molecule has 0 bridgehead atoms. The average molecular weight is 459 g/mol. The standard InChI is InChI=1S/C23H24ClFN4O3/c1-14(2)28(3)23(32)16-6-9-18(24)20(12-16)26-22(31)19-10-11-21(30)29(27-19)13-15-4-7-17(25)8-5-15/h4-9,12,14H,10-11,13H2,1-3H3,(H,26,31). The van der Waals surface area contributed by atoms with Gasteiger partial charge in [-0.05, 0) is 49.7 Å². The Morgan fingerprint density at radius 2 is 1.88 bits per heavy atom. The van der Waals surface area contributed by atoms with Crippen LogP contribution < -0.4 is 5.32 Å². The molecule has 7 nitrogen and oxygen atoms in total. The van der Waals surface area contributed by atoms with Crippen LogP contribution in [0.1, 0.15) is 42.6 Å². The van der Waals surface area contributed by atoms with Gasteiger partial charge in [0.25, 0.3) is 11.8 Å². The molecular weight excluding hydrogens is 435 g/mol. The van der Waals surface area contributed by atoms with Crippen LogP contribution in [0.15, 0.2) is 47.6 Å². The summed E-state index contributed by atoms with van der Waals surface area (Å²) < 4.78 is 13.1. The molecule has 0 saturated heterocycles. The lowest BCUT2D eigenvalue weighted by Gasteiger charge is -2.23. The molecule has 0 radical (unpaired) electrons. The summed E-state index contributed by atoms with van der Waals surface area (Å²) in [4.78, 5) is 39.2. The Balaban J connectivity index is 1.77. The van der Waals surface area contributed by atoms with Crippen LogP contribution >= 0.6 is 11.6 Å². The number of nitrogens with one attached hydrogen (secondary N) is 1. The molecule has 32 heavy (non-hydrogen) atoms. The van der Waals surface area contributed by atoms with Crippen molar-refractivity contribution in [3.8, 4) is 0 Å². The molecule has 9 heteroatoms. The van der Waals surface area contributed by atoms with Gasteiger partial charge in [-0.3, -0.25) is 14.4 Å². The quantitative estimate of drug-likeness (QED) is 0.708. The van der Waals surface area contributed by atoms with Crippen LogP contribution in [0, 0.1) is 5.82 Å². The van der Waals surface area contributed by atoms with Gasteiger partial charge in [-0.1, -0.05) is 23.7 Å². The number of carbonyl (C=O) groups excluding carboxylic acids is 3. The molecule has 0 saturated carbocycles. The molecule has 0 aliphatic carbocycles. The summed E-state index contributed by atoms with van der Waals surface area (Å²) in [6, 6.07) is 10.4. The van der Waals surface area contributed by atoms with E-state index < -0.39 is 5.91 Å². The molecule has 1 aliphatic rings. The highest BCUT2D eigenvalue weighted by Crippen LogP contribution is 2.25. The second-order valence-electron chi connectivity index (χ2n) is 7.78. The lowest BCUT2D eigenvalue weighted by molar-refractivity contribution is -0.132. The van der Waals surface area contributed by atoms with Crippen LogP contribution in [0.3, 0.4) is 0 Å². The van der Waals surface area contributed by atoms with Gasteiger partial charge >= 0.3 is 0 Å². The maximum absolute atomic E-state index is 13.1. The third-order valence-corrected chi connectivity index (χ3v) is 5.50. The van der Waals surface area contributed by atoms with E-state index in [9.17, 15) is 18.8 Å². The number of amides is 3. The van der Waals surface area contributed by atoms with Crippen LogP contribution in [0.4, 0.5) is 10.1 Å². The van der Waals surface area contributed by atoms with Crippen LogP contribution in [0.5, 0.6) is 0 Å². The van der Waals surface area contributed by atoms with Crippen molar-refractivity contribution in [1.82, 2.24) is 9.91 Å². The molecule has 1 heterocycles. The number of rotatable bonds is 6. The number of benzene rings is 2. The van der Waals surface area contributed by atoms with Crippen LogP contribution in [0.25, 0.3) is 0 Å². The van der Waals surface area contributed by atoms with E-state index in [0.29, 0.717) is 11.1 Å². The minimum atomic E-state index is -0.509. The van der Waals surface area contributed by atoms with E-state index in [0.717, 1.165) is 0 Å². The van der Waals surface area contributed by atoms with E-state index in [2.05, 4.69) is 10.4 Å². The predicted octanol–water partition coefficient (Wildman–Crippen LogP) is 4.08. The van der Waals surface area contributed by atoms with E-state index in [1.165, 1.54) is 23.2 Å². The highest BCUT2D eigenvalue weighted by Gasteiger charge is 2.25. The number of hydrogen-bond acceptors (Lipinski definition) is 4. The van der Waals surface area contributed by atoms with E-state index in [1.54, 1.807) is 36.2 Å². The van der Waals surface area contributed by atoms with Gasteiger partial charge in [-0.2, -0.15) is 5.10 Å². The largest absolute Gasteiger partial charge is 0.339 e.